The fraction of sp³-hybridized carbons (Fsp3) is 0.118. The molecule has 2 nitrogen and oxygen atoms in total. The summed E-state index contributed by atoms with van der Waals surface area (Å²) in [5, 5.41) is 5.96. The summed E-state index contributed by atoms with van der Waals surface area (Å²) in [6.45, 7) is 2.12. The van der Waals surface area contributed by atoms with Crippen LogP contribution < -0.4 is 5.32 Å². The molecule has 1 aromatic heterocycles. The lowest BCUT2D eigenvalue weighted by molar-refractivity contribution is 1.17. The van der Waals surface area contributed by atoms with Crippen molar-refractivity contribution in [2.45, 2.75) is 13.3 Å². The van der Waals surface area contributed by atoms with Gasteiger partial charge in [-0.3, -0.25) is 0 Å². The number of nitrogens with one attached hydrogen (secondary N) is 1. The van der Waals surface area contributed by atoms with E-state index < -0.39 is 0 Å². The molecule has 1 heterocycles. The van der Waals surface area contributed by atoms with Crippen LogP contribution in [0.3, 0.4) is 0 Å². The third-order valence-corrected chi connectivity index (χ3v) is 5.22. The van der Waals surface area contributed by atoms with Crippen molar-refractivity contribution < 1.29 is 0 Å². The molecule has 0 aliphatic rings. The van der Waals surface area contributed by atoms with Crippen LogP contribution in [0.25, 0.3) is 11.3 Å². The van der Waals surface area contributed by atoms with Gasteiger partial charge in [0.15, 0.2) is 5.13 Å². The summed E-state index contributed by atoms with van der Waals surface area (Å²) in [5.74, 6) is 0. The minimum Gasteiger partial charge on any atom is -0.330 e. The number of aryl methyl sites for hydroxylation is 1. The molecule has 0 saturated heterocycles. The monoisotopic (exact) mass is 382 g/mol. The number of rotatable bonds is 4. The molecule has 0 spiro atoms. The van der Waals surface area contributed by atoms with Crippen LogP contribution in [0.2, 0.25) is 15.1 Å². The molecule has 0 aliphatic heterocycles. The Kier molecular flexibility index (Phi) is 5.12. The Labute approximate surface area is 154 Å². The van der Waals surface area contributed by atoms with E-state index in [0.717, 1.165) is 28.5 Å². The SMILES string of the molecule is CCc1sc(Nc2ccc(Cl)cc2Cl)nc1-c1ccc(Cl)cc1. The summed E-state index contributed by atoms with van der Waals surface area (Å²) in [6.07, 6.45) is 0.908. The number of nitrogens with zero attached hydrogens (tertiary/aromatic N) is 1. The van der Waals surface area contributed by atoms with Crippen LogP contribution in [0.5, 0.6) is 0 Å². The van der Waals surface area contributed by atoms with Crippen LogP contribution in [0.4, 0.5) is 10.8 Å². The fourth-order valence-electron chi connectivity index (χ4n) is 2.18. The fourth-order valence-corrected chi connectivity index (χ4v) is 3.70. The van der Waals surface area contributed by atoms with Crippen LogP contribution in [-0.4, -0.2) is 4.98 Å². The number of aromatic nitrogens is 1. The standard InChI is InChI=1S/C17H13Cl3N2S/c1-2-15-16(10-3-5-11(18)6-4-10)22-17(23-15)21-14-8-7-12(19)9-13(14)20/h3-9H,2H2,1H3,(H,21,22). The van der Waals surface area contributed by atoms with Crippen molar-refractivity contribution in [3.8, 4) is 11.3 Å². The van der Waals surface area contributed by atoms with E-state index in [4.69, 9.17) is 39.8 Å². The maximum absolute atomic E-state index is 6.21. The summed E-state index contributed by atoms with van der Waals surface area (Å²) in [7, 11) is 0. The van der Waals surface area contributed by atoms with Gasteiger partial charge in [0, 0.05) is 20.5 Å². The van der Waals surface area contributed by atoms with Crippen LogP contribution in [0, 0.1) is 0 Å². The van der Waals surface area contributed by atoms with Gasteiger partial charge >= 0.3 is 0 Å². The molecule has 2 aromatic carbocycles. The lowest BCUT2D eigenvalue weighted by atomic mass is 10.1. The summed E-state index contributed by atoms with van der Waals surface area (Å²) in [4.78, 5) is 5.92. The lowest BCUT2D eigenvalue weighted by Gasteiger charge is -2.05. The maximum atomic E-state index is 6.21. The first-order valence-electron chi connectivity index (χ1n) is 7.04. The van der Waals surface area contributed by atoms with Gasteiger partial charge in [-0.05, 0) is 36.8 Å². The van der Waals surface area contributed by atoms with E-state index in [-0.39, 0.29) is 0 Å². The number of halogens is 3. The van der Waals surface area contributed by atoms with Crippen molar-refractivity contribution in [3.05, 3.63) is 62.4 Å². The van der Waals surface area contributed by atoms with Gasteiger partial charge in [0.05, 0.1) is 16.4 Å². The molecular formula is C17H13Cl3N2S. The Bertz CT molecular complexity index is 828. The van der Waals surface area contributed by atoms with Gasteiger partial charge in [-0.2, -0.15) is 0 Å². The number of thiazole rings is 1. The highest BCUT2D eigenvalue weighted by Crippen LogP contribution is 2.35. The Morgan fingerprint density at radius 3 is 2.35 bits per heavy atom. The first-order valence-corrected chi connectivity index (χ1v) is 8.99. The number of anilines is 2. The predicted molar refractivity (Wildman–Crippen MR) is 102 cm³/mol. The van der Waals surface area contributed by atoms with Gasteiger partial charge in [0.2, 0.25) is 0 Å². The van der Waals surface area contributed by atoms with Gasteiger partial charge in [-0.25, -0.2) is 4.98 Å². The van der Waals surface area contributed by atoms with E-state index >= 15 is 0 Å². The molecule has 0 saturated carbocycles. The molecule has 0 fully saturated rings. The highest BCUT2D eigenvalue weighted by atomic mass is 35.5. The first kappa shape index (κ1) is 16.6. The average molecular weight is 384 g/mol. The van der Waals surface area contributed by atoms with Gasteiger partial charge in [0.1, 0.15) is 0 Å². The minimum atomic E-state index is 0.568. The highest BCUT2D eigenvalue weighted by molar-refractivity contribution is 7.16. The molecule has 0 unspecified atom stereocenters. The Balaban J connectivity index is 1.94. The van der Waals surface area contributed by atoms with E-state index in [1.165, 1.54) is 4.88 Å². The highest BCUT2D eigenvalue weighted by Gasteiger charge is 2.13. The van der Waals surface area contributed by atoms with Crippen LogP contribution in [0.1, 0.15) is 11.8 Å². The van der Waals surface area contributed by atoms with Crippen molar-refractivity contribution >= 4 is 57.0 Å². The van der Waals surface area contributed by atoms with E-state index in [0.29, 0.717) is 15.1 Å². The van der Waals surface area contributed by atoms with E-state index in [2.05, 4.69) is 12.2 Å². The molecule has 0 atom stereocenters. The Morgan fingerprint density at radius 1 is 1.00 bits per heavy atom. The lowest BCUT2D eigenvalue weighted by Crippen LogP contribution is -1.90. The molecule has 0 aliphatic carbocycles. The molecular weight excluding hydrogens is 371 g/mol. The van der Waals surface area contributed by atoms with Gasteiger partial charge in [0.25, 0.3) is 0 Å². The molecule has 0 radical (unpaired) electrons. The molecule has 0 bridgehead atoms. The van der Waals surface area contributed by atoms with Crippen LogP contribution in [0.15, 0.2) is 42.5 Å². The Morgan fingerprint density at radius 2 is 1.70 bits per heavy atom. The third kappa shape index (κ3) is 3.81. The average Bonchev–Trinajstić information content (AvgIpc) is 2.94. The summed E-state index contributed by atoms with van der Waals surface area (Å²) >= 11 is 19.7. The number of benzene rings is 2. The zero-order valence-corrected chi connectivity index (χ0v) is 15.3. The second kappa shape index (κ2) is 7.10. The zero-order valence-electron chi connectivity index (χ0n) is 12.2. The second-order valence-corrected chi connectivity index (χ2v) is 7.26. The van der Waals surface area contributed by atoms with Crippen molar-refractivity contribution in [2.75, 3.05) is 5.32 Å². The van der Waals surface area contributed by atoms with Gasteiger partial charge < -0.3 is 5.32 Å². The molecule has 23 heavy (non-hydrogen) atoms. The normalized spacial score (nSPS) is 10.8. The second-order valence-electron chi connectivity index (χ2n) is 4.90. The molecule has 3 aromatic rings. The summed E-state index contributed by atoms with van der Waals surface area (Å²) in [6, 6.07) is 13.1. The molecule has 0 amide bonds. The quantitative estimate of drug-likeness (QED) is 0.521. The topological polar surface area (TPSA) is 24.9 Å². The van der Waals surface area contributed by atoms with Crippen molar-refractivity contribution in [2.24, 2.45) is 0 Å². The van der Waals surface area contributed by atoms with Crippen LogP contribution in [-0.2, 0) is 6.42 Å². The smallest absolute Gasteiger partial charge is 0.188 e. The third-order valence-electron chi connectivity index (χ3n) is 3.31. The van der Waals surface area contributed by atoms with Gasteiger partial charge in [-0.1, -0.05) is 53.9 Å². The largest absolute Gasteiger partial charge is 0.330 e. The summed E-state index contributed by atoms with van der Waals surface area (Å²) in [5.41, 5.74) is 2.81. The zero-order chi connectivity index (χ0) is 16.4. The Hall–Kier alpha value is -1.26. The molecule has 6 heteroatoms. The van der Waals surface area contributed by atoms with E-state index in [1.807, 2.05) is 30.3 Å². The van der Waals surface area contributed by atoms with E-state index in [1.54, 1.807) is 23.5 Å². The molecule has 118 valence electrons. The van der Waals surface area contributed by atoms with Crippen molar-refractivity contribution in [1.29, 1.82) is 0 Å². The van der Waals surface area contributed by atoms with Crippen molar-refractivity contribution in [3.63, 3.8) is 0 Å². The summed E-state index contributed by atoms with van der Waals surface area (Å²) < 4.78 is 0. The number of hydrogen-bond donors (Lipinski definition) is 1. The number of hydrogen-bond acceptors (Lipinski definition) is 3. The first-order chi connectivity index (χ1) is 11.1. The minimum absolute atomic E-state index is 0.568. The van der Waals surface area contributed by atoms with Crippen molar-refractivity contribution in [1.82, 2.24) is 4.98 Å². The van der Waals surface area contributed by atoms with E-state index in [9.17, 15) is 0 Å². The maximum Gasteiger partial charge on any atom is 0.188 e. The van der Waals surface area contributed by atoms with Gasteiger partial charge in [-0.15, -0.1) is 11.3 Å². The predicted octanol–water partition coefficient (Wildman–Crippen LogP) is 7.08. The van der Waals surface area contributed by atoms with Crippen LogP contribution >= 0.6 is 46.1 Å². The molecule has 3 rings (SSSR count). The molecule has 1 N–H and O–H groups in total.